The maximum Gasteiger partial charge on any atom is 0.251 e. The van der Waals surface area contributed by atoms with Crippen molar-refractivity contribution in [2.75, 3.05) is 0 Å². The second-order valence-corrected chi connectivity index (χ2v) is 6.86. The monoisotopic (exact) mass is 376 g/mol. The fourth-order valence-corrected chi connectivity index (χ4v) is 2.82. The molecule has 0 bridgehead atoms. The number of carbonyl (C=O) groups is 1. The van der Waals surface area contributed by atoms with Gasteiger partial charge in [-0.25, -0.2) is 0 Å². The number of nitrogens with zero attached hydrogens (tertiary/aromatic N) is 1. The average Bonchev–Trinajstić information content (AvgIpc) is 2.69. The van der Waals surface area contributed by atoms with Crippen LogP contribution in [0.1, 0.15) is 32.7 Å². The summed E-state index contributed by atoms with van der Waals surface area (Å²) in [5, 5.41) is 2.87. The van der Waals surface area contributed by atoms with Crippen molar-refractivity contribution in [1.29, 1.82) is 0 Å². The fraction of sp³-hybridized carbons (Fsp3) is 0.217. The van der Waals surface area contributed by atoms with Crippen LogP contribution in [0.4, 0.5) is 0 Å². The van der Waals surface area contributed by atoms with Crippen LogP contribution in [0.15, 0.2) is 65.6 Å². The van der Waals surface area contributed by atoms with Crippen molar-refractivity contribution in [2.24, 2.45) is 7.05 Å². The average molecular weight is 376 g/mol. The summed E-state index contributed by atoms with van der Waals surface area (Å²) in [4.78, 5) is 24.7. The Bertz CT molecular complexity index is 1040. The first-order valence-electron chi connectivity index (χ1n) is 9.16. The van der Waals surface area contributed by atoms with Crippen LogP contribution in [0.2, 0.25) is 0 Å². The van der Waals surface area contributed by atoms with Gasteiger partial charge in [-0.1, -0.05) is 36.4 Å². The van der Waals surface area contributed by atoms with Gasteiger partial charge in [0.1, 0.15) is 6.61 Å². The van der Waals surface area contributed by atoms with Gasteiger partial charge in [0.05, 0.1) is 12.7 Å². The lowest BCUT2D eigenvalue weighted by molar-refractivity contribution is 0.0950. The van der Waals surface area contributed by atoms with Crippen molar-refractivity contribution in [1.82, 2.24) is 9.88 Å². The molecule has 0 aliphatic rings. The van der Waals surface area contributed by atoms with Gasteiger partial charge in [0, 0.05) is 24.4 Å². The Hall–Kier alpha value is -3.34. The summed E-state index contributed by atoms with van der Waals surface area (Å²) in [6, 6.07) is 16.8. The molecule has 0 radical (unpaired) electrons. The van der Waals surface area contributed by atoms with Gasteiger partial charge in [-0.2, -0.15) is 0 Å². The summed E-state index contributed by atoms with van der Waals surface area (Å²) in [5.41, 5.74) is 4.31. The Labute approximate surface area is 164 Å². The molecule has 3 rings (SSSR count). The smallest absolute Gasteiger partial charge is 0.251 e. The lowest BCUT2D eigenvalue weighted by atomic mass is 10.1. The summed E-state index contributed by atoms with van der Waals surface area (Å²) in [6.45, 7) is 4.58. The van der Waals surface area contributed by atoms with E-state index in [9.17, 15) is 9.59 Å². The molecule has 5 heteroatoms. The van der Waals surface area contributed by atoms with E-state index in [2.05, 4.69) is 5.32 Å². The Morgan fingerprint density at radius 3 is 2.50 bits per heavy atom. The minimum Gasteiger partial charge on any atom is -0.483 e. The highest BCUT2D eigenvalue weighted by Crippen LogP contribution is 2.11. The maximum atomic E-state index is 12.4. The zero-order valence-electron chi connectivity index (χ0n) is 16.4. The highest BCUT2D eigenvalue weighted by atomic mass is 16.5. The van der Waals surface area contributed by atoms with Crippen molar-refractivity contribution < 1.29 is 9.53 Å². The molecule has 3 aromatic rings. The van der Waals surface area contributed by atoms with E-state index in [1.807, 2.05) is 63.4 Å². The lowest BCUT2D eigenvalue weighted by Crippen LogP contribution is -2.26. The van der Waals surface area contributed by atoms with E-state index in [1.165, 1.54) is 6.07 Å². The second-order valence-electron chi connectivity index (χ2n) is 6.86. The Morgan fingerprint density at radius 1 is 1.04 bits per heavy atom. The van der Waals surface area contributed by atoms with E-state index >= 15 is 0 Å². The van der Waals surface area contributed by atoms with Gasteiger partial charge in [0.2, 0.25) is 5.43 Å². The summed E-state index contributed by atoms with van der Waals surface area (Å²) < 4.78 is 7.45. The molecule has 1 amide bonds. The second kappa shape index (κ2) is 8.57. The molecule has 0 spiro atoms. The van der Waals surface area contributed by atoms with Gasteiger partial charge in [-0.3, -0.25) is 9.59 Å². The number of benzene rings is 2. The van der Waals surface area contributed by atoms with Crippen molar-refractivity contribution >= 4 is 5.91 Å². The largest absolute Gasteiger partial charge is 0.483 e. The van der Waals surface area contributed by atoms with Gasteiger partial charge in [-0.05, 0) is 42.7 Å². The standard InChI is InChI=1S/C23H24N2O3/c1-16-9-10-19(11-17(16)2)23(27)24-13-20-12-21(26)22(14-25(20)3)28-15-18-7-5-4-6-8-18/h4-12,14H,13,15H2,1-3H3,(H,24,27). The summed E-state index contributed by atoms with van der Waals surface area (Å²) in [5.74, 6) is 0.121. The van der Waals surface area contributed by atoms with Crippen LogP contribution in [-0.2, 0) is 20.2 Å². The molecule has 1 heterocycles. The zero-order valence-corrected chi connectivity index (χ0v) is 16.4. The fourth-order valence-electron chi connectivity index (χ4n) is 2.82. The van der Waals surface area contributed by atoms with E-state index in [1.54, 1.807) is 16.8 Å². The number of hydrogen-bond donors (Lipinski definition) is 1. The van der Waals surface area contributed by atoms with Gasteiger partial charge in [-0.15, -0.1) is 0 Å². The number of aryl methyl sites for hydroxylation is 3. The molecule has 0 saturated heterocycles. The minimum absolute atomic E-state index is 0.167. The lowest BCUT2D eigenvalue weighted by Gasteiger charge is -2.13. The van der Waals surface area contributed by atoms with Crippen LogP contribution in [0.25, 0.3) is 0 Å². The first kappa shape index (κ1) is 19.4. The molecule has 0 fully saturated rings. The third-order valence-corrected chi connectivity index (χ3v) is 4.74. The molecule has 28 heavy (non-hydrogen) atoms. The highest BCUT2D eigenvalue weighted by Gasteiger charge is 2.10. The Balaban J connectivity index is 1.66. The number of amides is 1. The Kier molecular flexibility index (Phi) is 5.94. The Morgan fingerprint density at radius 2 is 1.79 bits per heavy atom. The summed E-state index contributed by atoms with van der Waals surface area (Å²) in [7, 11) is 1.83. The van der Waals surface area contributed by atoms with Crippen molar-refractivity contribution in [3.8, 4) is 5.75 Å². The normalized spacial score (nSPS) is 10.5. The number of rotatable bonds is 6. The summed E-state index contributed by atoms with van der Waals surface area (Å²) in [6.07, 6.45) is 1.66. The molecule has 144 valence electrons. The summed E-state index contributed by atoms with van der Waals surface area (Å²) >= 11 is 0. The third-order valence-electron chi connectivity index (χ3n) is 4.74. The number of aromatic nitrogens is 1. The van der Waals surface area contributed by atoms with Crippen LogP contribution in [0.3, 0.4) is 0 Å². The van der Waals surface area contributed by atoms with E-state index in [4.69, 9.17) is 4.74 Å². The van der Waals surface area contributed by atoms with Crippen molar-refractivity contribution in [2.45, 2.75) is 27.0 Å². The first-order valence-corrected chi connectivity index (χ1v) is 9.16. The predicted molar refractivity (Wildman–Crippen MR) is 110 cm³/mol. The number of hydrogen-bond acceptors (Lipinski definition) is 3. The van der Waals surface area contributed by atoms with Crippen LogP contribution >= 0.6 is 0 Å². The number of ether oxygens (including phenoxy) is 1. The molecule has 0 aliphatic heterocycles. The topological polar surface area (TPSA) is 60.3 Å². The van der Waals surface area contributed by atoms with Crippen LogP contribution in [0, 0.1) is 13.8 Å². The predicted octanol–water partition coefficient (Wildman–Crippen LogP) is 3.51. The molecule has 0 saturated carbocycles. The third kappa shape index (κ3) is 4.68. The quantitative estimate of drug-likeness (QED) is 0.716. The van der Waals surface area contributed by atoms with Gasteiger partial charge < -0.3 is 14.6 Å². The molecule has 0 unspecified atom stereocenters. The van der Waals surface area contributed by atoms with Gasteiger partial charge >= 0.3 is 0 Å². The molecular weight excluding hydrogens is 352 g/mol. The van der Waals surface area contributed by atoms with Crippen molar-refractivity contribution in [3.63, 3.8) is 0 Å². The minimum atomic E-state index is -0.204. The zero-order chi connectivity index (χ0) is 20.1. The molecule has 5 nitrogen and oxygen atoms in total. The number of nitrogens with one attached hydrogen (secondary N) is 1. The molecule has 0 atom stereocenters. The molecular formula is C23H24N2O3. The first-order chi connectivity index (χ1) is 13.4. The van der Waals surface area contributed by atoms with Crippen LogP contribution in [0.5, 0.6) is 5.75 Å². The maximum absolute atomic E-state index is 12.4. The number of pyridine rings is 1. The van der Waals surface area contributed by atoms with E-state index in [0.717, 1.165) is 16.7 Å². The molecule has 1 aromatic heterocycles. The van der Waals surface area contributed by atoms with E-state index in [-0.39, 0.29) is 23.6 Å². The van der Waals surface area contributed by atoms with Crippen molar-refractivity contribution in [3.05, 3.63) is 99.0 Å². The molecule has 2 aromatic carbocycles. The van der Waals surface area contributed by atoms with Gasteiger partial charge in [0.25, 0.3) is 5.91 Å². The SMILES string of the molecule is Cc1ccc(C(=O)NCc2cc(=O)c(OCc3ccccc3)cn2C)cc1C. The highest BCUT2D eigenvalue weighted by molar-refractivity contribution is 5.94. The van der Waals surface area contributed by atoms with Crippen LogP contribution in [-0.4, -0.2) is 10.5 Å². The number of carbonyl (C=O) groups excluding carboxylic acids is 1. The molecule has 1 N–H and O–H groups in total. The van der Waals surface area contributed by atoms with Crippen LogP contribution < -0.4 is 15.5 Å². The van der Waals surface area contributed by atoms with E-state index in [0.29, 0.717) is 17.9 Å². The molecule has 0 aliphatic carbocycles. The van der Waals surface area contributed by atoms with Gasteiger partial charge in [0.15, 0.2) is 5.75 Å². The van der Waals surface area contributed by atoms with E-state index < -0.39 is 0 Å².